The summed E-state index contributed by atoms with van der Waals surface area (Å²) in [7, 11) is 0. The maximum Gasteiger partial charge on any atom is 0.145 e. The van der Waals surface area contributed by atoms with Crippen molar-refractivity contribution in [1.29, 1.82) is 0 Å². The zero-order chi connectivity index (χ0) is 39.6. The fraction of sp³-hybridized carbons (Fsp3) is 0.125. The number of hydrogen-bond donors (Lipinski definition) is 0. The van der Waals surface area contributed by atoms with Gasteiger partial charge < -0.3 is 9.47 Å². The Morgan fingerprint density at radius 2 is 1.00 bits per heavy atom. The highest BCUT2D eigenvalue weighted by molar-refractivity contribution is 6.09. The van der Waals surface area contributed by atoms with Gasteiger partial charge in [-0.3, -0.25) is 4.57 Å². The van der Waals surface area contributed by atoms with E-state index in [2.05, 4.69) is 214 Å². The van der Waals surface area contributed by atoms with Crippen molar-refractivity contribution < 1.29 is 0 Å². The van der Waals surface area contributed by atoms with E-state index in [-0.39, 0.29) is 0 Å². The van der Waals surface area contributed by atoms with Gasteiger partial charge in [0, 0.05) is 38.8 Å². The Morgan fingerprint density at radius 3 is 1.65 bits per heavy atom. The van der Waals surface area contributed by atoms with Gasteiger partial charge in [-0.2, -0.15) is 0 Å². The van der Waals surface area contributed by atoms with Crippen LogP contribution < -0.4 is 4.90 Å². The van der Waals surface area contributed by atoms with E-state index < -0.39 is 5.54 Å². The lowest BCUT2D eigenvalue weighted by Gasteiger charge is -2.47. The molecule has 0 spiro atoms. The molecule has 10 aromatic rings. The molecule has 0 radical (unpaired) electrons. The zero-order valence-corrected chi connectivity index (χ0v) is 33.5. The third-order valence-corrected chi connectivity index (χ3v) is 13.3. The van der Waals surface area contributed by atoms with E-state index >= 15 is 0 Å². The van der Waals surface area contributed by atoms with Crippen molar-refractivity contribution >= 4 is 49.9 Å². The lowest BCUT2D eigenvalue weighted by Crippen LogP contribution is -2.42. The molecular weight excluding hydrogens is 729 g/mol. The van der Waals surface area contributed by atoms with Gasteiger partial charge in [0.25, 0.3) is 0 Å². The van der Waals surface area contributed by atoms with Crippen LogP contribution in [0, 0.1) is 0 Å². The molecule has 0 N–H and O–H groups in total. The number of para-hydroxylation sites is 7. The van der Waals surface area contributed by atoms with Gasteiger partial charge >= 0.3 is 0 Å². The summed E-state index contributed by atoms with van der Waals surface area (Å²) in [5, 5.41) is 2.53. The van der Waals surface area contributed by atoms with Crippen LogP contribution in [0.3, 0.4) is 0 Å². The molecule has 0 bridgehead atoms. The van der Waals surface area contributed by atoms with Gasteiger partial charge in [-0.1, -0.05) is 147 Å². The van der Waals surface area contributed by atoms with Crippen LogP contribution in [0.2, 0.25) is 0 Å². The standard InChI is InChI=1S/C56H44N4/c1-3-17-39(18-4-1)40-31-35-42(36-32-40)56(60-50-26-12-7-21-45(50)46-22-8-13-27-51(46)60)47-23-9-14-28-52(47)58(53-29-15-10-24-48(53)56)44-37-33-41(34-38-44)55-57-49-25-11-16-30-54(49)59(55)43-19-5-2-6-20-43/h2,5-16,19-39H,1,3-4,17-18H2. The number of aromatic nitrogens is 3. The molecule has 4 heteroatoms. The van der Waals surface area contributed by atoms with Crippen molar-refractivity contribution in [1.82, 2.24) is 14.1 Å². The molecule has 60 heavy (non-hydrogen) atoms. The molecule has 0 atom stereocenters. The number of anilines is 3. The number of rotatable bonds is 6. The van der Waals surface area contributed by atoms with Crippen molar-refractivity contribution in [3.8, 4) is 17.1 Å². The van der Waals surface area contributed by atoms with Crippen LogP contribution in [0.15, 0.2) is 200 Å². The molecule has 4 nitrogen and oxygen atoms in total. The summed E-state index contributed by atoms with van der Waals surface area (Å²) in [5.41, 5.74) is 14.7. The van der Waals surface area contributed by atoms with Gasteiger partial charge in [-0.25, -0.2) is 4.98 Å². The molecule has 288 valence electrons. The monoisotopic (exact) mass is 772 g/mol. The molecule has 0 unspecified atom stereocenters. The molecule has 1 fully saturated rings. The second-order valence-corrected chi connectivity index (χ2v) is 16.5. The van der Waals surface area contributed by atoms with Gasteiger partial charge in [0.2, 0.25) is 0 Å². The molecule has 3 heterocycles. The fourth-order valence-corrected chi connectivity index (χ4v) is 10.7. The topological polar surface area (TPSA) is 26.0 Å². The highest BCUT2D eigenvalue weighted by Gasteiger charge is 2.48. The van der Waals surface area contributed by atoms with Crippen molar-refractivity contribution in [3.63, 3.8) is 0 Å². The van der Waals surface area contributed by atoms with Crippen LogP contribution in [0.1, 0.15) is 60.3 Å². The lowest BCUT2D eigenvalue weighted by molar-refractivity contribution is 0.443. The molecule has 0 amide bonds. The van der Waals surface area contributed by atoms with Gasteiger partial charge in [0.05, 0.1) is 33.4 Å². The summed E-state index contributed by atoms with van der Waals surface area (Å²) in [4.78, 5) is 7.66. The van der Waals surface area contributed by atoms with Crippen molar-refractivity contribution in [2.75, 3.05) is 4.90 Å². The average molecular weight is 773 g/mol. The van der Waals surface area contributed by atoms with Crippen LogP contribution in [0.5, 0.6) is 0 Å². The fourth-order valence-electron chi connectivity index (χ4n) is 10.7. The molecule has 8 aromatic carbocycles. The average Bonchev–Trinajstić information content (AvgIpc) is 3.88. The number of nitrogens with zero attached hydrogens (tertiary/aromatic N) is 4. The minimum atomic E-state index is -0.683. The third kappa shape index (κ3) is 5.20. The van der Waals surface area contributed by atoms with E-state index in [4.69, 9.17) is 4.98 Å². The summed E-state index contributed by atoms with van der Waals surface area (Å²) < 4.78 is 4.93. The first-order chi connectivity index (χ1) is 29.8. The quantitative estimate of drug-likeness (QED) is 0.168. The number of fused-ring (bicyclic) bond motifs is 6. The minimum absolute atomic E-state index is 0.630. The Bertz CT molecular complexity index is 3080. The van der Waals surface area contributed by atoms with Crippen molar-refractivity contribution in [2.45, 2.75) is 43.6 Å². The van der Waals surface area contributed by atoms with E-state index in [1.165, 1.54) is 87.5 Å². The third-order valence-electron chi connectivity index (χ3n) is 13.3. The summed E-state index contributed by atoms with van der Waals surface area (Å²) in [6, 6.07) is 73.9. The van der Waals surface area contributed by atoms with Gasteiger partial charge in [0.15, 0.2) is 0 Å². The highest BCUT2D eigenvalue weighted by Crippen LogP contribution is 2.57. The first kappa shape index (κ1) is 34.8. The number of hydrogen-bond acceptors (Lipinski definition) is 2. The molecule has 1 aliphatic heterocycles. The largest absolute Gasteiger partial charge is 0.322 e. The lowest BCUT2D eigenvalue weighted by atomic mass is 9.71. The Hall–Kier alpha value is -7.17. The molecule has 1 saturated carbocycles. The smallest absolute Gasteiger partial charge is 0.145 e. The second-order valence-electron chi connectivity index (χ2n) is 16.5. The summed E-state index contributed by atoms with van der Waals surface area (Å²) in [5.74, 6) is 1.56. The summed E-state index contributed by atoms with van der Waals surface area (Å²) >= 11 is 0. The van der Waals surface area contributed by atoms with Crippen LogP contribution in [0.4, 0.5) is 17.1 Å². The van der Waals surface area contributed by atoms with Gasteiger partial charge in [-0.15, -0.1) is 0 Å². The number of benzene rings is 8. The first-order valence-corrected chi connectivity index (χ1v) is 21.5. The van der Waals surface area contributed by atoms with Crippen molar-refractivity contribution in [3.05, 3.63) is 222 Å². The van der Waals surface area contributed by atoms with Crippen LogP contribution >= 0.6 is 0 Å². The van der Waals surface area contributed by atoms with Crippen LogP contribution in [-0.2, 0) is 5.54 Å². The minimum Gasteiger partial charge on any atom is -0.322 e. The first-order valence-electron chi connectivity index (χ1n) is 21.5. The van der Waals surface area contributed by atoms with E-state index in [0.29, 0.717) is 5.92 Å². The van der Waals surface area contributed by atoms with E-state index in [9.17, 15) is 0 Å². The molecule has 1 aliphatic carbocycles. The second kappa shape index (κ2) is 14.0. The normalized spacial score (nSPS) is 15.0. The van der Waals surface area contributed by atoms with Crippen LogP contribution in [0.25, 0.3) is 49.9 Å². The molecule has 12 rings (SSSR count). The Morgan fingerprint density at radius 1 is 0.450 bits per heavy atom. The summed E-state index contributed by atoms with van der Waals surface area (Å²) in [6.45, 7) is 0. The Labute approximate surface area is 350 Å². The van der Waals surface area contributed by atoms with Crippen LogP contribution in [-0.4, -0.2) is 14.1 Å². The summed E-state index contributed by atoms with van der Waals surface area (Å²) in [6.07, 6.45) is 6.56. The maximum absolute atomic E-state index is 5.19. The predicted octanol–water partition coefficient (Wildman–Crippen LogP) is 14.5. The van der Waals surface area contributed by atoms with E-state index in [0.717, 1.165) is 33.8 Å². The van der Waals surface area contributed by atoms with Crippen molar-refractivity contribution in [2.24, 2.45) is 0 Å². The SMILES string of the molecule is c1ccc(-n2c(-c3ccc(N4c5ccccc5C(c5ccc(C6CCCCC6)cc5)(n5c6ccccc6c6ccccc65)c5ccccc54)cc3)nc3ccccc32)cc1. The van der Waals surface area contributed by atoms with Gasteiger partial charge in [0.1, 0.15) is 11.4 Å². The predicted molar refractivity (Wildman–Crippen MR) is 248 cm³/mol. The number of imidazole rings is 1. The molecule has 0 saturated heterocycles. The molecular formula is C56H44N4. The Balaban J connectivity index is 1.08. The van der Waals surface area contributed by atoms with E-state index in [1.807, 2.05) is 0 Å². The molecule has 2 aliphatic rings. The van der Waals surface area contributed by atoms with E-state index in [1.54, 1.807) is 0 Å². The zero-order valence-electron chi connectivity index (χ0n) is 33.5. The molecule has 2 aromatic heterocycles. The van der Waals surface area contributed by atoms with Gasteiger partial charge in [-0.05, 0) is 103 Å². The maximum atomic E-state index is 5.19. The highest BCUT2D eigenvalue weighted by atomic mass is 15.2. The Kier molecular flexibility index (Phi) is 8.12.